The number of hydrogen-bond acceptors (Lipinski definition) is 2. The lowest BCUT2D eigenvalue weighted by Gasteiger charge is -2.40. The largest absolute Gasteiger partial charge is 0.323 e. The topological polar surface area (TPSA) is 49.8 Å². The summed E-state index contributed by atoms with van der Waals surface area (Å²) in [6.45, 7) is 0. The van der Waals surface area contributed by atoms with Gasteiger partial charge in [-0.3, -0.25) is 0 Å². The molecule has 0 aliphatic heterocycles. The van der Waals surface area contributed by atoms with Crippen LogP contribution < -0.4 is 5.73 Å². The first-order valence-electron chi connectivity index (χ1n) is 7.07. The predicted molar refractivity (Wildman–Crippen MR) is 80.7 cm³/mol. The van der Waals surface area contributed by atoms with Crippen LogP contribution in [0.1, 0.15) is 30.9 Å². The number of rotatable bonds is 3. The van der Waals surface area contributed by atoms with Crippen LogP contribution in [0.5, 0.6) is 0 Å². The molecule has 20 heavy (non-hydrogen) atoms. The van der Waals surface area contributed by atoms with Crippen molar-refractivity contribution in [2.75, 3.05) is 0 Å². The summed E-state index contributed by atoms with van der Waals surface area (Å²) in [5.74, 6) is 0. The summed E-state index contributed by atoms with van der Waals surface area (Å²) in [6, 6.07) is 20.8. The number of hydrogen-bond donors (Lipinski definition) is 1. The van der Waals surface area contributed by atoms with E-state index in [4.69, 9.17) is 5.73 Å². The molecule has 100 valence electrons. The Labute approximate surface area is 119 Å². The molecule has 1 saturated carbocycles. The summed E-state index contributed by atoms with van der Waals surface area (Å²) in [5.41, 5.74) is 9.42. The summed E-state index contributed by atoms with van der Waals surface area (Å²) < 4.78 is 0. The Balaban J connectivity index is 1.85. The zero-order chi connectivity index (χ0) is 14.0. The van der Waals surface area contributed by atoms with E-state index in [2.05, 4.69) is 42.5 Å². The van der Waals surface area contributed by atoms with Gasteiger partial charge in [0.05, 0.1) is 11.5 Å². The molecule has 2 aromatic rings. The van der Waals surface area contributed by atoms with E-state index in [0.29, 0.717) is 0 Å². The highest BCUT2D eigenvalue weighted by molar-refractivity contribution is 5.63. The van der Waals surface area contributed by atoms with Gasteiger partial charge in [0.1, 0.15) is 0 Å². The zero-order valence-corrected chi connectivity index (χ0v) is 11.4. The van der Waals surface area contributed by atoms with Crippen molar-refractivity contribution in [3.8, 4) is 17.2 Å². The average Bonchev–Trinajstić information content (AvgIpc) is 2.48. The first kappa shape index (κ1) is 12.9. The molecular formula is C18H18N2. The Hall–Kier alpha value is -2.11. The minimum atomic E-state index is -0.339. The van der Waals surface area contributed by atoms with Crippen LogP contribution in [0.25, 0.3) is 11.1 Å². The molecule has 0 spiro atoms. The molecule has 1 atom stereocenters. The fourth-order valence-corrected chi connectivity index (χ4v) is 2.88. The Morgan fingerprint density at radius 1 is 0.950 bits per heavy atom. The van der Waals surface area contributed by atoms with E-state index in [1.807, 2.05) is 18.2 Å². The molecule has 2 aromatic carbocycles. The molecule has 0 aromatic heterocycles. The van der Waals surface area contributed by atoms with Gasteiger partial charge in [-0.05, 0) is 29.5 Å². The molecule has 1 aliphatic carbocycles. The SMILES string of the molecule is N#CC1(C(N)c2ccc(-c3ccccc3)cc2)CCC1. The smallest absolute Gasteiger partial charge is 0.0766 e. The summed E-state index contributed by atoms with van der Waals surface area (Å²) in [4.78, 5) is 0. The lowest BCUT2D eigenvalue weighted by atomic mass is 9.64. The Kier molecular flexibility index (Phi) is 3.30. The minimum Gasteiger partial charge on any atom is -0.323 e. The Bertz CT molecular complexity index is 619. The van der Waals surface area contributed by atoms with Crippen molar-refractivity contribution in [3.63, 3.8) is 0 Å². The molecule has 3 rings (SSSR count). The summed E-state index contributed by atoms with van der Waals surface area (Å²) >= 11 is 0. The maximum atomic E-state index is 9.37. The van der Waals surface area contributed by atoms with Gasteiger partial charge >= 0.3 is 0 Å². The second-order valence-electron chi connectivity index (χ2n) is 5.59. The molecule has 2 N–H and O–H groups in total. The standard InChI is InChI=1S/C18H18N2/c19-13-18(11-4-12-18)17(20)16-9-7-15(8-10-16)14-5-2-1-3-6-14/h1-3,5-10,17H,4,11-12,20H2. The quantitative estimate of drug-likeness (QED) is 0.907. The van der Waals surface area contributed by atoms with E-state index in [1.165, 1.54) is 11.1 Å². The van der Waals surface area contributed by atoms with E-state index >= 15 is 0 Å². The predicted octanol–water partition coefficient (Wildman–Crippen LogP) is 4.05. The van der Waals surface area contributed by atoms with Crippen molar-refractivity contribution >= 4 is 0 Å². The minimum absolute atomic E-state index is 0.175. The molecule has 0 amide bonds. The average molecular weight is 262 g/mol. The molecule has 0 radical (unpaired) electrons. The van der Waals surface area contributed by atoms with Crippen LogP contribution in [0, 0.1) is 16.7 Å². The van der Waals surface area contributed by atoms with E-state index in [1.54, 1.807) is 0 Å². The molecule has 0 bridgehead atoms. The molecule has 2 nitrogen and oxygen atoms in total. The van der Waals surface area contributed by atoms with Gasteiger partial charge in [0.15, 0.2) is 0 Å². The van der Waals surface area contributed by atoms with E-state index in [0.717, 1.165) is 24.8 Å². The number of nitriles is 1. The van der Waals surface area contributed by atoms with Crippen LogP contribution in [0.2, 0.25) is 0 Å². The van der Waals surface area contributed by atoms with Crippen molar-refractivity contribution in [1.29, 1.82) is 5.26 Å². The third-order valence-corrected chi connectivity index (χ3v) is 4.44. The van der Waals surface area contributed by atoms with Gasteiger partial charge in [-0.25, -0.2) is 0 Å². The lowest BCUT2D eigenvalue weighted by molar-refractivity contribution is 0.169. The second kappa shape index (κ2) is 5.11. The fourth-order valence-electron chi connectivity index (χ4n) is 2.88. The van der Waals surface area contributed by atoms with Crippen molar-refractivity contribution in [2.45, 2.75) is 25.3 Å². The molecule has 1 unspecified atom stereocenters. The molecule has 0 heterocycles. The van der Waals surface area contributed by atoms with Crippen molar-refractivity contribution < 1.29 is 0 Å². The van der Waals surface area contributed by atoms with Crippen molar-refractivity contribution in [3.05, 3.63) is 60.2 Å². The highest BCUT2D eigenvalue weighted by Gasteiger charge is 2.43. The van der Waals surface area contributed by atoms with Gasteiger partial charge < -0.3 is 5.73 Å². The van der Waals surface area contributed by atoms with Crippen LogP contribution in [-0.2, 0) is 0 Å². The fraction of sp³-hybridized carbons (Fsp3) is 0.278. The van der Waals surface area contributed by atoms with Crippen molar-refractivity contribution in [2.24, 2.45) is 11.1 Å². The van der Waals surface area contributed by atoms with Crippen LogP contribution >= 0.6 is 0 Å². The van der Waals surface area contributed by atoms with Crippen LogP contribution in [0.15, 0.2) is 54.6 Å². The van der Waals surface area contributed by atoms with Crippen LogP contribution in [0.3, 0.4) is 0 Å². The second-order valence-corrected chi connectivity index (χ2v) is 5.59. The van der Waals surface area contributed by atoms with Gasteiger partial charge in [-0.1, -0.05) is 61.0 Å². The van der Waals surface area contributed by atoms with Gasteiger partial charge in [0.25, 0.3) is 0 Å². The highest BCUT2D eigenvalue weighted by atomic mass is 14.7. The Morgan fingerprint density at radius 2 is 1.55 bits per heavy atom. The summed E-state index contributed by atoms with van der Waals surface area (Å²) in [5, 5.41) is 9.37. The number of nitrogens with zero attached hydrogens (tertiary/aromatic N) is 1. The van der Waals surface area contributed by atoms with Crippen LogP contribution in [-0.4, -0.2) is 0 Å². The van der Waals surface area contributed by atoms with Crippen molar-refractivity contribution in [1.82, 2.24) is 0 Å². The third kappa shape index (κ3) is 2.11. The molecule has 1 aliphatic rings. The maximum Gasteiger partial charge on any atom is 0.0766 e. The first-order chi connectivity index (χ1) is 9.75. The van der Waals surface area contributed by atoms with Gasteiger partial charge in [0.2, 0.25) is 0 Å². The Morgan fingerprint density at radius 3 is 2.05 bits per heavy atom. The van der Waals surface area contributed by atoms with E-state index < -0.39 is 0 Å². The first-order valence-corrected chi connectivity index (χ1v) is 7.07. The third-order valence-electron chi connectivity index (χ3n) is 4.44. The molecule has 0 saturated heterocycles. The number of nitrogens with two attached hydrogens (primary N) is 1. The molecule has 1 fully saturated rings. The maximum absolute atomic E-state index is 9.37. The van der Waals surface area contributed by atoms with Gasteiger partial charge in [-0.15, -0.1) is 0 Å². The van der Waals surface area contributed by atoms with E-state index in [-0.39, 0.29) is 11.5 Å². The summed E-state index contributed by atoms with van der Waals surface area (Å²) in [7, 11) is 0. The zero-order valence-electron chi connectivity index (χ0n) is 11.4. The lowest BCUT2D eigenvalue weighted by Crippen LogP contribution is -2.39. The van der Waals surface area contributed by atoms with Gasteiger partial charge in [-0.2, -0.15) is 5.26 Å². The number of benzene rings is 2. The highest BCUT2D eigenvalue weighted by Crippen LogP contribution is 2.48. The normalized spacial score (nSPS) is 17.8. The summed E-state index contributed by atoms with van der Waals surface area (Å²) in [6.07, 6.45) is 2.96. The van der Waals surface area contributed by atoms with E-state index in [9.17, 15) is 5.26 Å². The monoisotopic (exact) mass is 262 g/mol. The van der Waals surface area contributed by atoms with Gasteiger partial charge in [0, 0.05) is 6.04 Å². The van der Waals surface area contributed by atoms with Crippen LogP contribution in [0.4, 0.5) is 0 Å². The molecular weight excluding hydrogens is 244 g/mol. The molecule has 2 heteroatoms.